The van der Waals surface area contributed by atoms with Crippen molar-refractivity contribution in [3.63, 3.8) is 0 Å². The van der Waals surface area contributed by atoms with Crippen molar-refractivity contribution in [3.05, 3.63) is 59.2 Å². The number of nitrogens with one attached hydrogen (secondary N) is 1. The summed E-state index contributed by atoms with van der Waals surface area (Å²) in [4.78, 5) is 7.45. The van der Waals surface area contributed by atoms with Gasteiger partial charge >= 0.3 is 6.18 Å². The first-order valence-electron chi connectivity index (χ1n) is 7.71. The number of thioether (sulfide) groups is 1. The zero-order chi connectivity index (χ0) is 18.9. The van der Waals surface area contributed by atoms with E-state index in [1.165, 1.54) is 35.2 Å². The quantitative estimate of drug-likeness (QED) is 0.442. The molecule has 0 atom stereocenters. The highest BCUT2D eigenvalue weighted by atomic mass is 32.2. The number of aromatic amines is 1. The van der Waals surface area contributed by atoms with Crippen LogP contribution in [0.5, 0.6) is 0 Å². The number of H-pyrrole nitrogens is 1. The van der Waals surface area contributed by atoms with E-state index in [1.807, 2.05) is 17.5 Å². The Bertz CT molecular complexity index is 1020. The van der Waals surface area contributed by atoms with Crippen LogP contribution >= 0.6 is 23.1 Å². The summed E-state index contributed by atoms with van der Waals surface area (Å²) in [6.07, 6.45) is -2.57. The third-order valence-electron chi connectivity index (χ3n) is 3.59. The molecule has 10 heteroatoms. The predicted molar refractivity (Wildman–Crippen MR) is 96.2 cm³/mol. The van der Waals surface area contributed by atoms with Gasteiger partial charge in [-0.15, -0.1) is 21.5 Å². The Morgan fingerprint density at radius 3 is 2.63 bits per heavy atom. The second-order valence-electron chi connectivity index (χ2n) is 5.46. The molecular formula is C17H11F3N4OS2. The molecule has 0 aliphatic rings. The lowest BCUT2D eigenvalue weighted by molar-refractivity contribution is -0.137. The Kier molecular flexibility index (Phi) is 4.75. The smallest absolute Gasteiger partial charge is 0.410 e. The molecule has 138 valence electrons. The maximum Gasteiger partial charge on any atom is 0.416 e. The lowest BCUT2D eigenvalue weighted by atomic mass is 10.1. The molecule has 0 amide bonds. The van der Waals surface area contributed by atoms with E-state index >= 15 is 0 Å². The minimum absolute atomic E-state index is 0.409. The van der Waals surface area contributed by atoms with Gasteiger partial charge in [0.15, 0.2) is 0 Å². The van der Waals surface area contributed by atoms with Crippen LogP contribution in [0.4, 0.5) is 13.2 Å². The number of alkyl halides is 3. The van der Waals surface area contributed by atoms with Gasteiger partial charge in [-0.25, -0.2) is 4.98 Å². The standard InChI is InChI=1S/C17H11F3N4OS2/c18-17(19,20)11-5-3-10(4-6-11)15-22-12(8-26-15)9-27-16-24-23-14(25-16)13-2-1-7-21-13/h1-8,21H,9H2. The molecule has 0 aliphatic carbocycles. The lowest BCUT2D eigenvalue weighted by Crippen LogP contribution is -2.03. The van der Waals surface area contributed by atoms with Crippen molar-refractivity contribution >= 4 is 23.1 Å². The van der Waals surface area contributed by atoms with E-state index in [2.05, 4.69) is 20.2 Å². The second kappa shape index (κ2) is 7.20. The molecule has 3 aromatic heterocycles. The van der Waals surface area contributed by atoms with Crippen LogP contribution in [-0.4, -0.2) is 20.2 Å². The number of hydrogen-bond donors (Lipinski definition) is 1. The topological polar surface area (TPSA) is 67.6 Å². The van der Waals surface area contributed by atoms with Crippen LogP contribution < -0.4 is 0 Å². The third kappa shape index (κ3) is 4.06. The van der Waals surface area contributed by atoms with Crippen molar-refractivity contribution in [2.24, 2.45) is 0 Å². The number of thiazole rings is 1. The first-order valence-corrected chi connectivity index (χ1v) is 9.58. The minimum Gasteiger partial charge on any atom is -0.410 e. The van der Waals surface area contributed by atoms with E-state index in [0.717, 1.165) is 23.5 Å². The Hall–Kier alpha value is -2.59. The van der Waals surface area contributed by atoms with E-state index in [-0.39, 0.29) is 0 Å². The molecule has 1 N–H and O–H groups in total. The number of benzene rings is 1. The van der Waals surface area contributed by atoms with Gasteiger partial charge in [0.1, 0.15) is 10.7 Å². The van der Waals surface area contributed by atoms with Crippen LogP contribution in [0.25, 0.3) is 22.2 Å². The summed E-state index contributed by atoms with van der Waals surface area (Å²) in [5.74, 6) is 0.926. The Morgan fingerprint density at radius 1 is 1.11 bits per heavy atom. The van der Waals surface area contributed by atoms with Gasteiger partial charge in [-0.05, 0) is 24.3 Å². The largest absolute Gasteiger partial charge is 0.416 e. The van der Waals surface area contributed by atoms with E-state index in [4.69, 9.17) is 4.42 Å². The molecule has 0 bridgehead atoms. The summed E-state index contributed by atoms with van der Waals surface area (Å²) in [7, 11) is 0. The van der Waals surface area contributed by atoms with Crippen LogP contribution in [0.15, 0.2) is 57.6 Å². The van der Waals surface area contributed by atoms with Crippen LogP contribution in [0.1, 0.15) is 11.3 Å². The zero-order valence-electron chi connectivity index (χ0n) is 13.5. The molecular weight excluding hydrogens is 397 g/mol. The fraction of sp³-hybridized carbons (Fsp3) is 0.118. The van der Waals surface area contributed by atoms with Crippen molar-refractivity contribution in [2.75, 3.05) is 0 Å². The molecule has 0 saturated carbocycles. The highest BCUT2D eigenvalue weighted by Gasteiger charge is 2.30. The first kappa shape index (κ1) is 17.8. The molecule has 3 heterocycles. The van der Waals surface area contributed by atoms with Gasteiger partial charge in [-0.3, -0.25) is 0 Å². The lowest BCUT2D eigenvalue weighted by Gasteiger charge is -2.06. The highest BCUT2D eigenvalue weighted by molar-refractivity contribution is 7.98. The zero-order valence-corrected chi connectivity index (χ0v) is 15.2. The number of aromatic nitrogens is 4. The SMILES string of the molecule is FC(F)(F)c1ccc(-c2nc(CSc3nnc(-c4ccc[nH]4)o3)cs2)cc1. The van der Waals surface area contributed by atoms with Crippen molar-refractivity contribution < 1.29 is 17.6 Å². The van der Waals surface area contributed by atoms with Gasteiger partial charge in [-0.1, -0.05) is 23.9 Å². The molecule has 0 unspecified atom stereocenters. The molecule has 4 rings (SSSR count). The Labute approximate surface area is 159 Å². The molecule has 4 aromatic rings. The average molecular weight is 408 g/mol. The van der Waals surface area contributed by atoms with Crippen molar-refractivity contribution in [2.45, 2.75) is 17.2 Å². The molecule has 1 aromatic carbocycles. The van der Waals surface area contributed by atoms with Crippen LogP contribution in [0, 0.1) is 0 Å². The number of halogens is 3. The summed E-state index contributed by atoms with van der Waals surface area (Å²) in [5.41, 5.74) is 1.51. The van der Waals surface area contributed by atoms with Gasteiger partial charge in [0.2, 0.25) is 0 Å². The number of rotatable bonds is 5. The highest BCUT2D eigenvalue weighted by Crippen LogP contribution is 2.32. The van der Waals surface area contributed by atoms with Gasteiger partial charge in [0.25, 0.3) is 11.1 Å². The molecule has 0 spiro atoms. The van der Waals surface area contributed by atoms with Gasteiger partial charge < -0.3 is 9.40 Å². The van der Waals surface area contributed by atoms with Crippen LogP contribution in [0.2, 0.25) is 0 Å². The first-order chi connectivity index (χ1) is 13.0. The Balaban J connectivity index is 1.41. The van der Waals surface area contributed by atoms with Gasteiger partial charge in [-0.2, -0.15) is 13.2 Å². The predicted octanol–water partition coefficient (Wildman–Crippen LogP) is 5.50. The molecule has 0 fully saturated rings. The van der Waals surface area contributed by atoms with Crippen LogP contribution in [0.3, 0.4) is 0 Å². The number of nitrogens with zero attached hydrogens (tertiary/aromatic N) is 3. The fourth-order valence-electron chi connectivity index (χ4n) is 2.28. The maximum atomic E-state index is 12.6. The van der Waals surface area contributed by atoms with E-state index < -0.39 is 11.7 Å². The van der Waals surface area contributed by atoms with Crippen LogP contribution in [-0.2, 0) is 11.9 Å². The molecule has 27 heavy (non-hydrogen) atoms. The Morgan fingerprint density at radius 2 is 1.93 bits per heavy atom. The summed E-state index contributed by atoms with van der Waals surface area (Å²) < 4.78 is 43.5. The van der Waals surface area contributed by atoms with Crippen molar-refractivity contribution in [1.29, 1.82) is 0 Å². The minimum atomic E-state index is -4.34. The normalized spacial score (nSPS) is 11.8. The van der Waals surface area contributed by atoms with Gasteiger partial charge in [0, 0.05) is 22.9 Å². The van der Waals surface area contributed by atoms with E-state index in [0.29, 0.717) is 27.4 Å². The summed E-state index contributed by atoms with van der Waals surface area (Å²) in [5, 5.41) is 10.9. The van der Waals surface area contributed by atoms with Crippen molar-refractivity contribution in [1.82, 2.24) is 20.2 Å². The number of hydrogen-bond acceptors (Lipinski definition) is 6. The molecule has 5 nitrogen and oxygen atoms in total. The molecule has 0 saturated heterocycles. The second-order valence-corrected chi connectivity index (χ2v) is 7.25. The summed E-state index contributed by atoms with van der Waals surface area (Å²) in [6, 6.07) is 8.65. The van der Waals surface area contributed by atoms with Gasteiger partial charge in [0.05, 0.1) is 11.3 Å². The van der Waals surface area contributed by atoms with Crippen molar-refractivity contribution in [3.8, 4) is 22.2 Å². The monoisotopic (exact) mass is 408 g/mol. The third-order valence-corrected chi connectivity index (χ3v) is 5.38. The summed E-state index contributed by atoms with van der Waals surface area (Å²) >= 11 is 2.72. The molecule has 0 radical (unpaired) electrons. The maximum absolute atomic E-state index is 12.6. The van der Waals surface area contributed by atoms with E-state index in [9.17, 15) is 13.2 Å². The fourth-order valence-corrected chi connectivity index (χ4v) is 3.87. The summed E-state index contributed by atoms with van der Waals surface area (Å²) in [6.45, 7) is 0. The van der Waals surface area contributed by atoms with E-state index in [1.54, 1.807) is 6.20 Å². The molecule has 0 aliphatic heterocycles. The average Bonchev–Trinajstić information content (AvgIpc) is 3.39.